The van der Waals surface area contributed by atoms with Crippen LogP contribution in [0.4, 0.5) is 5.69 Å². The summed E-state index contributed by atoms with van der Waals surface area (Å²) in [6.45, 7) is 14.5. The summed E-state index contributed by atoms with van der Waals surface area (Å²) in [5.74, 6) is 1.69. The molecule has 1 amide bonds. The minimum Gasteiger partial charge on any atom is -0.484 e. The zero-order valence-electron chi connectivity index (χ0n) is 25.0. The van der Waals surface area contributed by atoms with Crippen LogP contribution in [0.3, 0.4) is 0 Å². The van der Waals surface area contributed by atoms with E-state index in [1.54, 1.807) is 7.11 Å². The van der Waals surface area contributed by atoms with E-state index in [0.29, 0.717) is 12.0 Å². The van der Waals surface area contributed by atoms with Gasteiger partial charge in [-0.15, -0.1) is 0 Å². The van der Waals surface area contributed by atoms with E-state index in [2.05, 4.69) is 43.2 Å². The highest BCUT2D eigenvalue weighted by atomic mass is 16.5. The maximum Gasteiger partial charge on any atom is 0.225 e. The Labute approximate surface area is 236 Å². The number of amides is 1. The number of hydrogen-bond acceptors (Lipinski definition) is 7. The van der Waals surface area contributed by atoms with E-state index in [9.17, 15) is 9.90 Å². The number of carbonyl (C=O) groups excluding carboxylic acids is 1. The second-order valence-corrected chi connectivity index (χ2v) is 12.6. The lowest BCUT2D eigenvalue weighted by Gasteiger charge is -2.41. The molecule has 222 valence electrons. The molecule has 8 heteroatoms. The van der Waals surface area contributed by atoms with Gasteiger partial charge >= 0.3 is 0 Å². The largest absolute Gasteiger partial charge is 0.484 e. The van der Waals surface area contributed by atoms with Gasteiger partial charge in [-0.05, 0) is 82.5 Å². The lowest BCUT2D eigenvalue weighted by Crippen LogP contribution is -2.47. The molecule has 0 aliphatic carbocycles. The fraction of sp³-hybridized carbons (Fsp3) is 0.774. The minimum atomic E-state index is -0.278. The Kier molecular flexibility index (Phi) is 12.4. The number of piperidine rings is 1. The quantitative estimate of drug-likeness (QED) is 0.377. The van der Waals surface area contributed by atoms with Crippen LogP contribution in [0, 0.1) is 11.3 Å². The van der Waals surface area contributed by atoms with Gasteiger partial charge in [-0.3, -0.25) is 4.79 Å². The second-order valence-electron chi connectivity index (χ2n) is 12.6. The first-order valence-electron chi connectivity index (χ1n) is 14.9. The molecule has 39 heavy (non-hydrogen) atoms. The van der Waals surface area contributed by atoms with Gasteiger partial charge in [-0.1, -0.05) is 26.3 Å². The third kappa shape index (κ3) is 10.2. The lowest BCUT2D eigenvalue weighted by molar-refractivity contribution is -0.130. The molecule has 3 aliphatic rings. The lowest BCUT2D eigenvalue weighted by atomic mass is 9.82. The summed E-state index contributed by atoms with van der Waals surface area (Å²) in [6.07, 6.45) is 7.83. The standard InChI is InChI=1S/C16H30N2O2.C15H23NO3/c1-16(2,11-14-5-3-4-8-17-14)15(19)18-12-13-6-9-20-10-7-13;1-15(2)11-16(7-4-8-18-3)13-9-12(10-17)5-6-14(13)19-15/h13-14,17H,3-12H2,1-2H3,(H,18,19);5-6,9,17H,4,7-8,10-11H2,1-3H3/t14-;/m0./s1. The minimum absolute atomic E-state index is 0.0581. The van der Waals surface area contributed by atoms with Crippen molar-refractivity contribution in [1.29, 1.82) is 0 Å². The van der Waals surface area contributed by atoms with Crippen molar-refractivity contribution in [3.05, 3.63) is 23.8 Å². The van der Waals surface area contributed by atoms with Crippen molar-refractivity contribution < 1.29 is 24.1 Å². The molecule has 1 aromatic carbocycles. The van der Waals surface area contributed by atoms with Crippen molar-refractivity contribution in [3.8, 4) is 5.75 Å². The molecule has 2 fully saturated rings. The van der Waals surface area contributed by atoms with Crippen molar-refractivity contribution in [3.63, 3.8) is 0 Å². The summed E-state index contributed by atoms with van der Waals surface area (Å²) in [4.78, 5) is 14.7. The summed E-state index contributed by atoms with van der Waals surface area (Å²) in [5.41, 5.74) is 1.52. The van der Waals surface area contributed by atoms with Crippen LogP contribution in [0.5, 0.6) is 5.75 Å². The summed E-state index contributed by atoms with van der Waals surface area (Å²) in [5, 5.41) is 16.0. The molecule has 4 rings (SSSR count). The highest BCUT2D eigenvalue weighted by Gasteiger charge is 2.32. The molecule has 0 aromatic heterocycles. The third-order valence-corrected chi connectivity index (χ3v) is 7.96. The number of nitrogens with one attached hydrogen (secondary N) is 2. The van der Waals surface area contributed by atoms with E-state index in [1.807, 2.05) is 18.2 Å². The van der Waals surface area contributed by atoms with Crippen LogP contribution in [0.25, 0.3) is 0 Å². The Balaban J connectivity index is 0.000000216. The molecule has 0 unspecified atom stereocenters. The van der Waals surface area contributed by atoms with Gasteiger partial charge in [0.05, 0.1) is 18.8 Å². The summed E-state index contributed by atoms with van der Waals surface area (Å²) >= 11 is 0. The van der Waals surface area contributed by atoms with Crippen LogP contribution in [0.15, 0.2) is 18.2 Å². The topological polar surface area (TPSA) is 92.3 Å². The van der Waals surface area contributed by atoms with Crippen LogP contribution in [0.2, 0.25) is 0 Å². The van der Waals surface area contributed by atoms with Gasteiger partial charge < -0.3 is 34.9 Å². The number of anilines is 1. The number of aliphatic hydroxyl groups is 1. The van der Waals surface area contributed by atoms with Gasteiger partial charge in [0.1, 0.15) is 11.4 Å². The highest BCUT2D eigenvalue weighted by molar-refractivity contribution is 5.81. The number of hydrogen-bond donors (Lipinski definition) is 3. The monoisotopic (exact) mass is 547 g/mol. The summed E-state index contributed by atoms with van der Waals surface area (Å²) < 4.78 is 16.5. The molecule has 2 saturated heterocycles. The number of benzene rings is 1. The van der Waals surface area contributed by atoms with E-state index < -0.39 is 0 Å². The van der Waals surface area contributed by atoms with Gasteiger partial charge in [0.15, 0.2) is 0 Å². The van der Waals surface area contributed by atoms with Crippen molar-refractivity contribution >= 4 is 11.6 Å². The first kappa shape index (κ1) is 31.7. The van der Waals surface area contributed by atoms with Crippen molar-refractivity contribution in [2.45, 2.75) is 90.9 Å². The van der Waals surface area contributed by atoms with Crippen LogP contribution >= 0.6 is 0 Å². The van der Waals surface area contributed by atoms with E-state index >= 15 is 0 Å². The van der Waals surface area contributed by atoms with Crippen LogP contribution < -0.4 is 20.3 Å². The number of fused-ring (bicyclic) bond motifs is 1. The zero-order valence-corrected chi connectivity index (χ0v) is 25.0. The zero-order chi connectivity index (χ0) is 28.3. The summed E-state index contributed by atoms with van der Waals surface area (Å²) in [6, 6.07) is 6.38. The van der Waals surface area contributed by atoms with Crippen LogP contribution in [0.1, 0.15) is 78.2 Å². The maximum absolute atomic E-state index is 12.4. The molecule has 0 saturated carbocycles. The second kappa shape index (κ2) is 15.2. The molecule has 3 heterocycles. The van der Waals surface area contributed by atoms with E-state index in [0.717, 1.165) is 88.7 Å². The molecule has 3 N–H and O–H groups in total. The number of methoxy groups -OCH3 is 1. The van der Waals surface area contributed by atoms with Crippen LogP contribution in [-0.2, 0) is 20.9 Å². The molecular formula is C31H53N3O5. The molecule has 0 radical (unpaired) electrons. The molecule has 0 bridgehead atoms. The Morgan fingerprint density at radius 2 is 2.00 bits per heavy atom. The molecule has 3 aliphatic heterocycles. The number of carbonyl (C=O) groups is 1. The average molecular weight is 548 g/mol. The molecule has 0 spiro atoms. The number of rotatable bonds is 10. The highest BCUT2D eigenvalue weighted by Crippen LogP contribution is 2.37. The number of nitrogens with zero attached hydrogens (tertiary/aromatic N) is 1. The average Bonchev–Trinajstić information content (AvgIpc) is 2.92. The van der Waals surface area contributed by atoms with Crippen molar-refractivity contribution in [1.82, 2.24) is 10.6 Å². The molecule has 1 aromatic rings. The Morgan fingerprint density at radius 1 is 1.23 bits per heavy atom. The first-order valence-corrected chi connectivity index (χ1v) is 14.9. The fourth-order valence-electron chi connectivity index (χ4n) is 5.70. The van der Waals surface area contributed by atoms with E-state index in [-0.39, 0.29) is 23.5 Å². The van der Waals surface area contributed by atoms with Gasteiger partial charge in [0.25, 0.3) is 0 Å². The van der Waals surface area contributed by atoms with Gasteiger partial charge in [0.2, 0.25) is 5.91 Å². The predicted octanol–water partition coefficient (Wildman–Crippen LogP) is 4.28. The summed E-state index contributed by atoms with van der Waals surface area (Å²) in [7, 11) is 1.72. The Hall–Kier alpha value is -1.87. The first-order chi connectivity index (χ1) is 18.6. The smallest absolute Gasteiger partial charge is 0.225 e. The normalized spacial score (nSPS) is 21.3. The van der Waals surface area contributed by atoms with Gasteiger partial charge in [-0.25, -0.2) is 0 Å². The van der Waals surface area contributed by atoms with Gasteiger partial charge in [-0.2, -0.15) is 0 Å². The number of ether oxygens (including phenoxy) is 3. The Bertz CT molecular complexity index is 879. The van der Waals surface area contributed by atoms with Crippen molar-refractivity contribution in [2.24, 2.45) is 11.3 Å². The number of aliphatic hydroxyl groups excluding tert-OH is 1. The maximum atomic E-state index is 12.4. The predicted molar refractivity (Wildman–Crippen MR) is 156 cm³/mol. The molecule has 8 nitrogen and oxygen atoms in total. The Morgan fingerprint density at radius 3 is 2.67 bits per heavy atom. The van der Waals surface area contributed by atoms with Gasteiger partial charge in [0, 0.05) is 51.5 Å². The van der Waals surface area contributed by atoms with Crippen LogP contribution in [-0.4, -0.2) is 75.8 Å². The molecule has 1 atom stereocenters. The van der Waals surface area contributed by atoms with E-state index in [1.165, 1.54) is 19.3 Å². The van der Waals surface area contributed by atoms with Crippen molar-refractivity contribution in [2.75, 3.05) is 58.0 Å². The SMILES string of the molecule is CC(C)(C[C@@H]1CCCCN1)C(=O)NCC1CCOCC1.COCCCN1CC(C)(C)Oc2ccc(CO)cc21. The third-order valence-electron chi connectivity index (χ3n) is 7.96. The van der Waals surface area contributed by atoms with E-state index in [4.69, 9.17) is 14.2 Å². The fourth-order valence-corrected chi connectivity index (χ4v) is 5.70. The molecular weight excluding hydrogens is 494 g/mol.